The van der Waals surface area contributed by atoms with Crippen molar-refractivity contribution in [2.75, 3.05) is 22.0 Å². The summed E-state index contributed by atoms with van der Waals surface area (Å²) in [5.74, 6) is 0. The minimum Gasteiger partial charge on any atom is -0.395 e. The summed E-state index contributed by atoms with van der Waals surface area (Å²) in [6.07, 6.45) is 1.52. The van der Waals surface area contributed by atoms with E-state index in [-0.39, 0.29) is 27.0 Å². The third-order valence-electron chi connectivity index (χ3n) is 3.22. The molecule has 8 nitrogen and oxygen atoms in total. The molecule has 0 amide bonds. The number of hydrogen-bond donors (Lipinski definition) is 1. The Morgan fingerprint density at radius 2 is 1.58 bits per heavy atom. The Labute approximate surface area is 153 Å². The molecule has 0 spiro atoms. The molecule has 0 aliphatic heterocycles. The van der Waals surface area contributed by atoms with Crippen molar-refractivity contribution in [2.45, 2.75) is 6.61 Å². The summed E-state index contributed by atoms with van der Waals surface area (Å²) in [5, 5.41) is 0.0192. The molecule has 2 rings (SSSR count). The molecule has 2 aromatic rings. The number of hydrogen-bond acceptors (Lipinski definition) is 7. The monoisotopic (exact) mass is 417 g/mol. The Bertz CT molecular complexity index is 991. The topological polar surface area (TPSA) is 124 Å². The predicted octanol–water partition coefficient (Wildman–Crippen LogP) is 1.58. The van der Waals surface area contributed by atoms with Gasteiger partial charge in [0.25, 0.3) is 0 Å². The lowest BCUT2D eigenvalue weighted by atomic mass is 10.2. The molecule has 26 heavy (non-hydrogen) atoms. The Kier molecular flexibility index (Phi) is 6.02. The van der Waals surface area contributed by atoms with Gasteiger partial charge >= 0.3 is 8.03 Å². The van der Waals surface area contributed by atoms with Gasteiger partial charge < -0.3 is 5.73 Å². The number of anilines is 2. The fourth-order valence-electron chi connectivity index (χ4n) is 2.21. The van der Waals surface area contributed by atoms with Crippen molar-refractivity contribution in [1.82, 2.24) is 0 Å². The fourth-order valence-corrected chi connectivity index (χ4v) is 6.10. The largest absolute Gasteiger partial charge is 0.551 e. The fraction of sp³-hybridized carbons (Fsp3) is 0.200. The van der Waals surface area contributed by atoms with Crippen molar-refractivity contribution in [1.29, 1.82) is 0 Å². The number of rotatable bonds is 7. The van der Waals surface area contributed by atoms with E-state index in [1.54, 1.807) is 24.3 Å². The molecule has 140 valence electrons. The third-order valence-corrected chi connectivity index (χ3v) is 7.61. The van der Waals surface area contributed by atoms with Crippen molar-refractivity contribution < 1.29 is 25.9 Å². The van der Waals surface area contributed by atoms with Gasteiger partial charge in [-0.25, -0.2) is 16.8 Å². The van der Waals surface area contributed by atoms with Gasteiger partial charge in [0.1, 0.15) is 6.61 Å². The second-order valence-electron chi connectivity index (χ2n) is 5.48. The average molecular weight is 417 g/mol. The van der Waals surface area contributed by atoms with Crippen LogP contribution in [-0.4, -0.2) is 29.3 Å². The number of nitrogens with two attached hydrogens (primary N) is 1. The molecule has 2 N–H and O–H groups in total. The van der Waals surface area contributed by atoms with Crippen LogP contribution in [0.1, 0.15) is 5.56 Å². The lowest BCUT2D eigenvalue weighted by Crippen LogP contribution is -2.35. The molecule has 0 fully saturated rings. The number of benzene rings is 2. The molecule has 0 heterocycles. The number of sulfonamides is 2. The molecule has 0 aliphatic carbocycles. The molecule has 0 saturated heterocycles. The third kappa shape index (κ3) is 5.01. The van der Waals surface area contributed by atoms with Crippen LogP contribution in [0, 0.1) is 0 Å². The predicted molar refractivity (Wildman–Crippen MR) is 101 cm³/mol. The van der Waals surface area contributed by atoms with E-state index in [0.717, 1.165) is 24.1 Å². The Morgan fingerprint density at radius 3 is 2.12 bits per heavy atom. The molecule has 1 atom stereocenters. The van der Waals surface area contributed by atoms with Gasteiger partial charge in [-0.2, -0.15) is 3.71 Å². The van der Waals surface area contributed by atoms with E-state index in [4.69, 9.17) is 10.3 Å². The van der Waals surface area contributed by atoms with E-state index in [9.17, 15) is 21.4 Å². The highest BCUT2D eigenvalue weighted by Crippen LogP contribution is 2.30. The van der Waals surface area contributed by atoms with Crippen LogP contribution in [0.5, 0.6) is 0 Å². The first-order valence-corrected chi connectivity index (χ1v) is 12.1. The molecule has 0 radical (unpaired) electrons. The molecule has 0 bridgehead atoms. The first-order chi connectivity index (χ1) is 12.0. The van der Waals surface area contributed by atoms with Crippen LogP contribution in [0.3, 0.4) is 0 Å². The van der Waals surface area contributed by atoms with Crippen molar-refractivity contribution in [3.8, 4) is 0 Å². The van der Waals surface area contributed by atoms with Gasteiger partial charge in [-0.15, -0.1) is 4.52 Å². The summed E-state index contributed by atoms with van der Waals surface area (Å²) in [4.78, 5) is 0. The first-order valence-electron chi connectivity index (χ1n) is 7.24. The van der Waals surface area contributed by atoms with Crippen LogP contribution in [0.25, 0.3) is 0 Å². The maximum Gasteiger partial charge on any atom is 0.551 e. The molecule has 1 unspecified atom stereocenters. The maximum atomic E-state index is 12.4. The zero-order valence-corrected chi connectivity index (χ0v) is 16.6. The molecular formula is C15H18N2O6PS2+. The summed E-state index contributed by atoms with van der Waals surface area (Å²) < 4.78 is 65.5. The van der Waals surface area contributed by atoms with Crippen LogP contribution in [0.15, 0.2) is 48.5 Å². The van der Waals surface area contributed by atoms with Crippen molar-refractivity contribution >= 4 is 44.8 Å². The smallest absolute Gasteiger partial charge is 0.395 e. The molecular weight excluding hydrogens is 399 g/mol. The van der Waals surface area contributed by atoms with E-state index in [2.05, 4.69) is 0 Å². The van der Waals surface area contributed by atoms with E-state index in [0.29, 0.717) is 0 Å². The zero-order valence-electron chi connectivity index (χ0n) is 14.1. The molecule has 0 aromatic heterocycles. The summed E-state index contributed by atoms with van der Waals surface area (Å²) >= 11 is 0. The average Bonchev–Trinajstić information content (AvgIpc) is 2.52. The van der Waals surface area contributed by atoms with Crippen LogP contribution < -0.4 is 14.7 Å². The Morgan fingerprint density at radius 1 is 1.00 bits per heavy atom. The summed E-state index contributed by atoms with van der Waals surface area (Å²) in [6, 6.07) is 12.7. The minimum absolute atomic E-state index is 0.0192. The molecule has 2 aromatic carbocycles. The molecule has 11 heteroatoms. The van der Waals surface area contributed by atoms with Gasteiger partial charge in [0.05, 0.1) is 23.9 Å². The summed E-state index contributed by atoms with van der Waals surface area (Å²) in [5.41, 5.74) is 6.50. The quantitative estimate of drug-likeness (QED) is 0.536. The lowest BCUT2D eigenvalue weighted by molar-refractivity contribution is 0.325. The minimum atomic E-state index is -4.12. The van der Waals surface area contributed by atoms with Crippen molar-refractivity contribution in [3.05, 3.63) is 54.1 Å². The number of nitrogens with zero attached hydrogens (tertiary/aromatic N) is 1. The van der Waals surface area contributed by atoms with E-state index >= 15 is 0 Å². The highest BCUT2D eigenvalue weighted by Gasteiger charge is 2.32. The highest BCUT2D eigenvalue weighted by molar-refractivity contribution is 8.09. The van der Waals surface area contributed by atoms with Crippen LogP contribution >= 0.6 is 8.03 Å². The summed E-state index contributed by atoms with van der Waals surface area (Å²) in [7, 11) is -10.7. The van der Waals surface area contributed by atoms with Gasteiger partial charge in [0, 0.05) is 6.07 Å². The van der Waals surface area contributed by atoms with Gasteiger partial charge in [-0.3, -0.25) is 0 Å². The van der Waals surface area contributed by atoms with Crippen LogP contribution in [0.2, 0.25) is 0 Å². The van der Waals surface area contributed by atoms with E-state index in [1.807, 2.05) is 6.07 Å². The van der Waals surface area contributed by atoms with Crippen molar-refractivity contribution in [2.24, 2.45) is 0 Å². The standard InChI is InChI=1S/C15H18N2O6PS2/c1-25(19,20)17(26(2,21)22)13-8-9-14(16)15(10-13)24(18)23-11-12-6-4-3-5-7-12/h3-10H,11,16H2,1-2H3/q+1. The lowest BCUT2D eigenvalue weighted by Gasteiger charge is -2.19. The van der Waals surface area contributed by atoms with Gasteiger partial charge in [-0.05, 0) is 22.3 Å². The first kappa shape index (κ1) is 20.3. The van der Waals surface area contributed by atoms with Crippen LogP contribution in [0.4, 0.5) is 11.4 Å². The van der Waals surface area contributed by atoms with Crippen LogP contribution in [-0.2, 0) is 35.7 Å². The van der Waals surface area contributed by atoms with Crippen molar-refractivity contribution in [3.63, 3.8) is 0 Å². The SMILES string of the molecule is CS(=O)(=O)N(c1ccc(N)c([P+](=O)OCc2ccccc2)c1)S(C)(=O)=O. The second-order valence-corrected chi connectivity index (χ2v) is 10.6. The normalized spacial score (nSPS) is 12.6. The molecule has 0 saturated carbocycles. The summed E-state index contributed by atoms with van der Waals surface area (Å²) in [6.45, 7) is 0.0571. The zero-order chi connectivity index (χ0) is 19.5. The number of nitrogen functional groups attached to an aromatic ring is 1. The Hall–Kier alpha value is -2.00. The second kappa shape index (κ2) is 7.71. The van der Waals surface area contributed by atoms with Gasteiger partial charge in [0.15, 0.2) is 0 Å². The van der Waals surface area contributed by atoms with E-state index < -0.39 is 28.1 Å². The highest BCUT2D eigenvalue weighted by atomic mass is 32.3. The van der Waals surface area contributed by atoms with Gasteiger partial charge in [-0.1, -0.05) is 30.3 Å². The Balaban J connectivity index is 2.36. The maximum absolute atomic E-state index is 12.4. The molecule has 0 aliphatic rings. The van der Waals surface area contributed by atoms with Gasteiger partial charge in [0.2, 0.25) is 25.4 Å². The van der Waals surface area contributed by atoms with E-state index in [1.165, 1.54) is 12.1 Å².